The zero-order valence-corrected chi connectivity index (χ0v) is 19.3. The normalized spacial score (nSPS) is 21.5. The van der Waals surface area contributed by atoms with Crippen LogP contribution in [0.25, 0.3) is 0 Å². The van der Waals surface area contributed by atoms with Gasteiger partial charge in [-0.05, 0) is 71.0 Å². The topological polar surface area (TPSA) is 65.4 Å². The van der Waals surface area contributed by atoms with Gasteiger partial charge in [0.1, 0.15) is 0 Å². The predicted molar refractivity (Wildman–Crippen MR) is 124 cm³/mol. The van der Waals surface area contributed by atoms with Gasteiger partial charge in [0.2, 0.25) is 0 Å². The monoisotopic (exact) mass is 446 g/mol. The zero-order valence-electron chi connectivity index (χ0n) is 17.7. The van der Waals surface area contributed by atoms with E-state index in [4.69, 9.17) is 0 Å². The Bertz CT molecular complexity index is 921. The average molecular weight is 447 g/mol. The van der Waals surface area contributed by atoms with Crippen molar-refractivity contribution in [2.75, 3.05) is 29.8 Å². The van der Waals surface area contributed by atoms with Crippen molar-refractivity contribution in [1.29, 1.82) is 0 Å². The van der Waals surface area contributed by atoms with Gasteiger partial charge >= 0.3 is 6.03 Å². The maximum absolute atomic E-state index is 12.8. The Labute approximate surface area is 186 Å². The number of aryl methyl sites for hydroxylation is 2. The summed E-state index contributed by atoms with van der Waals surface area (Å²) < 4.78 is 7.36. The molecule has 2 N–H and O–H groups in total. The molecule has 30 heavy (non-hydrogen) atoms. The molecule has 9 heteroatoms. The fourth-order valence-electron chi connectivity index (χ4n) is 4.58. The molecule has 1 atom stereocenters. The molecule has 0 spiro atoms. The van der Waals surface area contributed by atoms with E-state index in [9.17, 15) is 4.79 Å². The highest BCUT2D eigenvalue weighted by molar-refractivity contribution is 7.99. The molecule has 2 aromatic heterocycles. The van der Waals surface area contributed by atoms with E-state index in [0.29, 0.717) is 12.1 Å². The number of likely N-dealkylation sites (N-methyl/N-ethyl adjacent to an activating group) is 1. The van der Waals surface area contributed by atoms with Crippen LogP contribution in [0.3, 0.4) is 0 Å². The summed E-state index contributed by atoms with van der Waals surface area (Å²) in [6, 6.07) is 0.747. The molecular formula is C21H30N6OS2. The van der Waals surface area contributed by atoms with E-state index < -0.39 is 0 Å². The van der Waals surface area contributed by atoms with E-state index in [-0.39, 0.29) is 6.03 Å². The molecule has 162 valence electrons. The lowest BCUT2D eigenvalue weighted by molar-refractivity contribution is 0.253. The number of hydrogen-bond donors (Lipinski definition) is 2. The first-order valence-corrected chi connectivity index (χ1v) is 12.5. The molecule has 1 saturated carbocycles. The lowest BCUT2D eigenvalue weighted by Gasteiger charge is -2.37. The van der Waals surface area contributed by atoms with E-state index >= 15 is 0 Å². The third kappa shape index (κ3) is 4.20. The van der Waals surface area contributed by atoms with Gasteiger partial charge in [-0.3, -0.25) is 13.7 Å². The quantitative estimate of drug-likeness (QED) is 0.646. The third-order valence-electron chi connectivity index (χ3n) is 6.27. The molecule has 1 aliphatic heterocycles. The molecule has 1 unspecified atom stereocenters. The predicted octanol–water partition coefficient (Wildman–Crippen LogP) is 4.36. The van der Waals surface area contributed by atoms with E-state index in [2.05, 4.69) is 49.2 Å². The van der Waals surface area contributed by atoms with Crippen molar-refractivity contribution in [3.05, 3.63) is 27.7 Å². The SMILES string of the molecule is Cc1sc2c(c1NC(=O)NSN(c1cnn(C3CC3)c1)C1CCCN(C)C1)CCC2. The number of amides is 2. The Kier molecular flexibility index (Phi) is 5.68. The number of anilines is 2. The summed E-state index contributed by atoms with van der Waals surface area (Å²) in [6.45, 7) is 4.22. The molecule has 0 bridgehead atoms. The number of thiophene rings is 1. The standard InChI is InChI=1S/C21H30N6OS2/c1-14-20(18-6-3-7-19(18)29-14)23-21(28)24-30-27(16-5-4-10-25(2)12-16)17-11-22-26(13-17)15-8-9-15/h11,13,15-16H,3-10,12H2,1-2H3,(H2,23,24,28). The van der Waals surface area contributed by atoms with Gasteiger partial charge in [-0.15, -0.1) is 11.3 Å². The molecule has 7 nitrogen and oxygen atoms in total. The van der Waals surface area contributed by atoms with Crippen LogP contribution in [0.2, 0.25) is 0 Å². The minimum absolute atomic E-state index is 0.153. The second-order valence-corrected chi connectivity index (χ2v) is 10.8. The van der Waals surface area contributed by atoms with Gasteiger partial charge in [0.05, 0.1) is 41.8 Å². The van der Waals surface area contributed by atoms with Gasteiger partial charge in [-0.1, -0.05) is 0 Å². The van der Waals surface area contributed by atoms with Gasteiger partial charge in [-0.25, -0.2) is 4.79 Å². The van der Waals surface area contributed by atoms with E-state index in [1.807, 2.05) is 17.5 Å². The Morgan fingerprint density at radius 1 is 1.30 bits per heavy atom. The number of carbonyl (C=O) groups is 1. The number of aromatic nitrogens is 2. The molecule has 0 aromatic carbocycles. The number of urea groups is 1. The molecular weight excluding hydrogens is 416 g/mol. The van der Waals surface area contributed by atoms with Crippen molar-refractivity contribution in [1.82, 2.24) is 19.4 Å². The van der Waals surface area contributed by atoms with Gasteiger partial charge in [-0.2, -0.15) is 5.10 Å². The summed E-state index contributed by atoms with van der Waals surface area (Å²) in [5.41, 5.74) is 3.44. The molecule has 2 aliphatic carbocycles. The highest BCUT2D eigenvalue weighted by Crippen LogP contribution is 2.39. The minimum atomic E-state index is -0.153. The van der Waals surface area contributed by atoms with Crippen LogP contribution in [0.15, 0.2) is 12.4 Å². The first-order valence-electron chi connectivity index (χ1n) is 11.0. The third-order valence-corrected chi connectivity index (χ3v) is 8.46. The van der Waals surface area contributed by atoms with Crippen LogP contribution in [0, 0.1) is 6.92 Å². The molecule has 0 radical (unpaired) electrons. The highest BCUT2D eigenvalue weighted by atomic mass is 32.2. The smallest absolute Gasteiger partial charge is 0.306 e. The number of piperidine rings is 1. The van der Waals surface area contributed by atoms with Crippen LogP contribution >= 0.6 is 23.5 Å². The molecule has 3 aliphatic rings. The number of likely N-dealkylation sites (tertiary alicyclic amines) is 1. The Morgan fingerprint density at radius 3 is 2.97 bits per heavy atom. The van der Waals surface area contributed by atoms with Gasteiger partial charge in [0, 0.05) is 22.5 Å². The lowest BCUT2D eigenvalue weighted by atomic mass is 10.1. The van der Waals surface area contributed by atoms with E-state index in [0.717, 1.165) is 43.7 Å². The van der Waals surface area contributed by atoms with Crippen molar-refractivity contribution in [3.63, 3.8) is 0 Å². The van der Waals surface area contributed by atoms with Crippen LogP contribution in [-0.4, -0.2) is 46.9 Å². The second kappa shape index (κ2) is 8.43. The summed E-state index contributed by atoms with van der Waals surface area (Å²) in [6.07, 6.45) is 12.2. The highest BCUT2D eigenvalue weighted by Gasteiger charge is 2.29. The lowest BCUT2D eigenvalue weighted by Crippen LogP contribution is -2.45. The Balaban J connectivity index is 1.27. The van der Waals surface area contributed by atoms with Crippen molar-refractivity contribution in [2.45, 2.75) is 64.0 Å². The van der Waals surface area contributed by atoms with E-state index in [1.54, 1.807) is 0 Å². The maximum atomic E-state index is 12.8. The molecule has 2 amide bonds. The Morgan fingerprint density at radius 2 is 2.17 bits per heavy atom. The average Bonchev–Trinajstić information content (AvgIpc) is 3.15. The minimum Gasteiger partial charge on any atom is -0.306 e. The van der Waals surface area contributed by atoms with Crippen LogP contribution < -0.4 is 14.3 Å². The van der Waals surface area contributed by atoms with E-state index in [1.165, 1.54) is 53.1 Å². The van der Waals surface area contributed by atoms with Crippen LogP contribution in [0.5, 0.6) is 0 Å². The first-order chi connectivity index (χ1) is 14.6. The molecule has 1 saturated heterocycles. The molecule has 2 fully saturated rings. The molecule has 3 heterocycles. The number of rotatable bonds is 6. The van der Waals surface area contributed by atoms with Crippen molar-refractivity contribution in [3.8, 4) is 0 Å². The van der Waals surface area contributed by atoms with Crippen molar-refractivity contribution in [2.24, 2.45) is 0 Å². The summed E-state index contributed by atoms with van der Waals surface area (Å²) in [7, 11) is 2.17. The van der Waals surface area contributed by atoms with Crippen LogP contribution in [-0.2, 0) is 12.8 Å². The van der Waals surface area contributed by atoms with Gasteiger partial charge in [0.25, 0.3) is 0 Å². The fourth-order valence-corrected chi connectivity index (χ4v) is 6.56. The fraction of sp³-hybridized carbons (Fsp3) is 0.619. The summed E-state index contributed by atoms with van der Waals surface area (Å²) in [5.74, 6) is 0. The number of fused-ring (bicyclic) bond motifs is 1. The van der Waals surface area contributed by atoms with Crippen molar-refractivity contribution < 1.29 is 4.79 Å². The molecule has 2 aromatic rings. The Hall–Kier alpha value is -1.71. The zero-order chi connectivity index (χ0) is 20.7. The largest absolute Gasteiger partial charge is 0.330 e. The van der Waals surface area contributed by atoms with Gasteiger partial charge in [0.15, 0.2) is 0 Å². The van der Waals surface area contributed by atoms with Crippen molar-refractivity contribution >= 4 is 40.9 Å². The maximum Gasteiger partial charge on any atom is 0.330 e. The molecule has 5 rings (SSSR count). The number of nitrogens with one attached hydrogen (secondary N) is 2. The second-order valence-electron chi connectivity index (χ2n) is 8.73. The number of carbonyl (C=O) groups excluding carboxylic acids is 1. The van der Waals surface area contributed by atoms with Crippen LogP contribution in [0.1, 0.15) is 53.5 Å². The summed E-state index contributed by atoms with van der Waals surface area (Å²) >= 11 is 3.22. The number of nitrogens with zero attached hydrogens (tertiary/aromatic N) is 4. The number of hydrogen-bond acceptors (Lipinski definition) is 6. The van der Waals surface area contributed by atoms with Crippen LogP contribution in [0.4, 0.5) is 16.2 Å². The van der Waals surface area contributed by atoms with Gasteiger partial charge < -0.3 is 10.2 Å². The summed E-state index contributed by atoms with van der Waals surface area (Å²) in [5, 5.41) is 7.70. The first kappa shape index (κ1) is 20.2. The summed E-state index contributed by atoms with van der Waals surface area (Å²) in [4.78, 5) is 17.8.